The number of ether oxygens (including phenoxy) is 1. The molecule has 1 atom stereocenters. The summed E-state index contributed by atoms with van der Waals surface area (Å²) in [5.41, 5.74) is 2.11. The van der Waals surface area contributed by atoms with Crippen LogP contribution in [0.2, 0.25) is 0 Å². The number of carbonyl (C=O) groups excluding carboxylic acids is 1. The minimum Gasteiger partial charge on any atom is -0.449 e. The molecule has 4 heteroatoms. The Labute approximate surface area is 102 Å². The average Bonchev–Trinajstić information content (AvgIpc) is 2.39. The summed E-state index contributed by atoms with van der Waals surface area (Å²) in [7, 11) is 1.93. The number of hydrogen-bond donors (Lipinski definition) is 1. The second-order valence-electron chi connectivity index (χ2n) is 4.22. The zero-order chi connectivity index (χ0) is 12.3. The second-order valence-corrected chi connectivity index (χ2v) is 4.22. The third-order valence-corrected chi connectivity index (χ3v) is 3.11. The Morgan fingerprint density at radius 1 is 1.35 bits per heavy atom. The monoisotopic (exact) mass is 234 g/mol. The van der Waals surface area contributed by atoms with Gasteiger partial charge in [0.15, 0.2) is 0 Å². The van der Waals surface area contributed by atoms with Gasteiger partial charge in [0.05, 0.1) is 6.61 Å². The van der Waals surface area contributed by atoms with Crippen LogP contribution in [0.5, 0.6) is 0 Å². The molecule has 1 amide bonds. The molecule has 2 rings (SSSR count). The summed E-state index contributed by atoms with van der Waals surface area (Å²) in [6.45, 7) is 3.37. The summed E-state index contributed by atoms with van der Waals surface area (Å²) >= 11 is 0. The lowest BCUT2D eigenvalue weighted by molar-refractivity contribution is 0.140. The maximum atomic E-state index is 11.6. The lowest BCUT2D eigenvalue weighted by Crippen LogP contribution is -2.37. The lowest BCUT2D eigenvalue weighted by atomic mass is 10.1. The van der Waals surface area contributed by atoms with Crippen molar-refractivity contribution in [3.8, 4) is 0 Å². The van der Waals surface area contributed by atoms with Gasteiger partial charge in [-0.3, -0.25) is 4.90 Å². The minimum atomic E-state index is -0.245. The number of amides is 1. The molecule has 1 N–H and O–H groups in total. The highest BCUT2D eigenvalue weighted by Crippen LogP contribution is 2.21. The minimum absolute atomic E-state index is 0.245. The molecule has 1 fully saturated rings. The fraction of sp³-hybridized carbons (Fsp3) is 0.462. The molecule has 1 aliphatic heterocycles. The summed E-state index contributed by atoms with van der Waals surface area (Å²) < 4.78 is 5.02. The molecular formula is C13H18N2O2. The van der Waals surface area contributed by atoms with E-state index >= 15 is 0 Å². The van der Waals surface area contributed by atoms with Crippen LogP contribution in [0.25, 0.3) is 0 Å². The van der Waals surface area contributed by atoms with Gasteiger partial charge in [0.25, 0.3) is 0 Å². The predicted octanol–water partition coefficient (Wildman–Crippen LogP) is 2.31. The topological polar surface area (TPSA) is 41.6 Å². The van der Waals surface area contributed by atoms with Crippen molar-refractivity contribution >= 4 is 11.8 Å². The maximum Gasteiger partial charge on any atom is 0.414 e. The third-order valence-electron chi connectivity index (χ3n) is 3.11. The quantitative estimate of drug-likeness (QED) is 0.872. The van der Waals surface area contributed by atoms with Gasteiger partial charge in [-0.05, 0) is 38.1 Å². The zero-order valence-electron chi connectivity index (χ0n) is 10.3. The molecule has 0 saturated carbocycles. The van der Waals surface area contributed by atoms with Gasteiger partial charge in [-0.15, -0.1) is 0 Å². The first kappa shape index (κ1) is 11.9. The number of nitrogens with zero attached hydrogens (tertiary/aromatic N) is 1. The average molecular weight is 234 g/mol. The number of rotatable bonds is 3. The molecular weight excluding hydrogens is 216 g/mol. The Morgan fingerprint density at radius 3 is 2.65 bits per heavy atom. The van der Waals surface area contributed by atoms with E-state index < -0.39 is 0 Å². The van der Waals surface area contributed by atoms with Crippen LogP contribution >= 0.6 is 0 Å². The molecule has 17 heavy (non-hydrogen) atoms. The first-order chi connectivity index (χ1) is 8.22. The van der Waals surface area contributed by atoms with Crippen molar-refractivity contribution in [3.05, 3.63) is 29.8 Å². The number of carbonyl (C=O) groups is 1. The molecule has 1 heterocycles. The fourth-order valence-corrected chi connectivity index (χ4v) is 1.90. The Bertz CT molecular complexity index is 389. The van der Waals surface area contributed by atoms with Gasteiger partial charge < -0.3 is 10.1 Å². The summed E-state index contributed by atoms with van der Waals surface area (Å²) in [6, 6.07) is 8.33. The second kappa shape index (κ2) is 5.19. The van der Waals surface area contributed by atoms with Gasteiger partial charge in [-0.2, -0.15) is 0 Å². The zero-order valence-corrected chi connectivity index (χ0v) is 10.3. The first-order valence-electron chi connectivity index (χ1n) is 5.94. The van der Waals surface area contributed by atoms with E-state index in [-0.39, 0.29) is 6.09 Å². The maximum absolute atomic E-state index is 11.6. The molecule has 1 aromatic rings. The molecule has 1 unspecified atom stereocenters. The highest BCUT2D eigenvalue weighted by molar-refractivity contribution is 5.88. The van der Waals surface area contributed by atoms with Crippen molar-refractivity contribution in [1.82, 2.24) is 5.32 Å². The van der Waals surface area contributed by atoms with E-state index in [0.29, 0.717) is 12.6 Å². The largest absolute Gasteiger partial charge is 0.449 e. The molecule has 0 radical (unpaired) electrons. The van der Waals surface area contributed by atoms with E-state index in [1.165, 1.54) is 5.56 Å². The summed E-state index contributed by atoms with van der Waals surface area (Å²) in [4.78, 5) is 13.2. The predicted molar refractivity (Wildman–Crippen MR) is 67.2 cm³/mol. The summed E-state index contributed by atoms with van der Waals surface area (Å²) in [5, 5.41) is 3.18. The molecule has 0 aromatic heterocycles. The summed E-state index contributed by atoms with van der Waals surface area (Å²) in [6.07, 6.45) is 0.645. The summed E-state index contributed by atoms with van der Waals surface area (Å²) in [5.74, 6) is 0. The van der Waals surface area contributed by atoms with Crippen molar-refractivity contribution in [1.29, 1.82) is 0 Å². The van der Waals surface area contributed by atoms with Crippen molar-refractivity contribution in [2.75, 3.05) is 25.1 Å². The van der Waals surface area contributed by atoms with E-state index in [1.807, 2.05) is 31.3 Å². The first-order valence-corrected chi connectivity index (χ1v) is 5.94. The Morgan fingerprint density at radius 2 is 2.06 bits per heavy atom. The van der Waals surface area contributed by atoms with E-state index in [2.05, 4.69) is 12.2 Å². The van der Waals surface area contributed by atoms with Gasteiger partial charge in [0.2, 0.25) is 0 Å². The van der Waals surface area contributed by atoms with Crippen molar-refractivity contribution in [3.63, 3.8) is 0 Å². The Balaban J connectivity index is 2.14. The number of cyclic esters (lactones) is 1. The molecule has 0 bridgehead atoms. The molecule has 0 spiro atoms. The smallest absolute Gasteiger partial charge is 0.414 e. The van der Waals surface area contributed by atoms with Crippen LogP contribution in [-0.4, -0.2) is 26.3 Å². The Kier molecular flexibility index (Phi) is 3.64. The fourth-order valence-electron chi connectivity index (χ4n) is 1.90. The standard InChI is InChI=1S/C13H18N2O2/c1-10(14-2)11-4-6-12(7-5-11)15-8-3-9-17-13(15)16/h4-7,10,14H,3,8-9H2,1-2H3. The number of hydrogen-bond acceptors (Lipinski definition) is 3. The van der Waals surface area contributed by atoms with Crippen molar-refractivity contribution in [2.45, 2.75) is 19.4 Å². The Hall–Kier alpha value is -1.55. The van der Waals surface area contributed by atoms with Crippen LogP contribution in [0.1, 0.15) is 24.9 Å². The molecule has 1 saturated heterocycles. The van der Waals surface area contributed by atoms with Gasteiger partial charge in [0, 0.05) is 18.3 Å². The normalized spacial score (nSPS) is 17.8. The van der Waals surface area contributed by atoms with Crippen LogP contribution < -0.4 is 10.2 Å². The van der Waals surface area contributed by atoms with Crippen LogP contribution in [-0.2, 0) is 4.74 Å². The van der Waals surface area contributed by atoms with Gasteiger partial charge in [0.1, 0.15) is 0 Å². The van der Waals surface area contributed by atoms with Crippen LogP contribution in [0.4, 0.5) is 10.5 Å². The van der Waals surface area contributed by atoms with E-state index in [1.54, 1.807) is 4.90 Å². The van der Waals surface area contributed by atoms with E-state index in [0.717, 1.165) is 18.7 Å². The molecule has 92 valence electrons. The SMILES string of the molecule is CNC(C)c1ccc(N2CCCOC2=O)cc1. The van der Waals surface area contributed by atoms with Crippen molar-refractivity contribution < 1.29 is 9.53 Å². The van der Waals surface area contributed by atoms with Crippen molar-refractivity contribution in [2.24, 2.45) is 0 Å². The van der Waals surface area contributed by atoms with Gasteiger partial charge >= 0.3 is 6.09 Å². The third kappa shape index (κ3) is 2.58. The highest BCUT2D eigenvalue weighted by atomic mass is 16.6. The number of benzene rings is 1. The van der Waals surface area contributed by atoms with E-state index in [9.17, 15) is 4.79 Å². The number of nitrogens with one attached hydrogen (secondary N) is 1. The highest BCUT2D eigenvalue weighted by Gasteiger charge is 2.21. The van der Waals surface area contributed by atoms with Crippen LogP contribution in [0.15, 0.2) is 24.3 Å². The molecule has 4 nitrogen and oxygen atoms in total. The molecule has 1 aromatic carbocycles. The molecule has 0 aliphatic carbocycles. The van der Waals surface area contributed by atoms with Gasteiger partial charge in [-0.1, -0.05) is 12.1 Å². The number of anilines is 1. The lowest BCUT2D eigenvalue weighted by Gasteiger charge is -2.26. The molecule has 1 aliphatic rings. The van der Waals surface area contributed by atoms with Gasteiger partial charge in [-0.25, -0.2) is 4.79 Å². The van der Waals surface area contributed by atoms with Crippen LogP contribution in [0, 0.1) is 0 Å². The van der Waals surface area contributed by atoms with Crippen LogP contribution in [0.3, 0.4) is 0 Å². The van der Waals surface area contributed by atoms with E-state index in [4.69, 9.17) is 4.74 Å².